The smallest absolute Gasteiger partial charge is 0.311 e. The number of nitrogens with zero attached hydrogens (tertiary/aromatic N) is 3. The molecule has 0 spiro atoms. The first-order valence-corrected chi connectivity index (χ1v) is 9.96. The Morgan fingerprint density at radius 2 is 2.04 bits per heavy atom. The summed E-state index contributed by atoms with van der Waals surface area (Å²) in [5.41, 5.74) is 1.58. The molecule has 1 aliphatic rings. The number of aromatic nitrogens is 1. The number of nitro groups is 1. The van der Waals surface area contributed by atoms with Gasteiger partial charge in [-0.15, -0.1) is 0 Å². The van der Waals surface area contributed by atoms with Crippen molar-refractivity contribution >= 4 is 44.5 Å². The summed E-state index contributed by atoms with van der Waals surface area (Å²) in [4.78, 5) is 17.6. The van der Waals surface area contributed by atoms with Crippen LogP contribution in [0.5, 0.6) is 10.9 Å². The maximum atomic E-state index is 11.4. The van der Waals surface area contributed by atoms with Gasteiger partial charge in [-0.3, -0.25) is 10.1 Å². The number of benzene rings is 2. The van der Waals surface area contributed by atoms with E-state index in [9.17, 15) is 10.1 Å². The normalized spacial score (nSPS) is 15.3. The number of thiazole rings is 1. The van der Waals surface area contributed by atoms with Gasteiger partial charge >= 0.3 is 5.69 Å². The summed E-state index contributed by atoms with van der Waals surface area (Å²) >= 11 is 7.34. The van der Waals surface area contributed by atoms with E-state index in [1.165, 1.54) is 17.4 Å². The van der Waals surface area contributed by atoms with Crippen LogP contribution < -0.4 is 9.64 Å². The monoisotopic (exact) mass is 403 g/mol. The fourth-order valence-electron chi connectivity index (χ4n) is 3.22. The molecule has 0 amide bonds. The Balaban J connectivity index is 1.66. The minimum atomic E-state index is -0.429. The molecule has 0 radical (unpaired) electrons. The van der Waals surface area contributed by atoms with Crippen molar-refractivity contribution in [3.8, 4) is 10.9 Å². The van der Waals surface area contributed by atoms with E-state index in [1.54, 1.807) is 24.3 Å². The second-order valence-corrected chi connectivity index (χ2v) is 8.20. The minimum absolute atomic E-state index is 0.0681. The van der Waals surface area contributed by atoms with Crippen LogP contribution in [0, 0.1) is 16.0 Å². The molecule has 8 heteroatoms. The molecule has 0 atom stereocenters. The van der Waals surface area contributed by atoms with Gasteiger partial charge in [0.1, 0.15) is 0 Å². The molecule has 1 aromatic heterocycles. The number of fused-ring (bicyclic) bond motifs is 1. The molecule has 0 aliphatic carbocycles. The van der Waals surface area contributed by atoms with Crippen molar-refractivity contribution in [1.82, 2.24) is 4.98 Å². The Bertz CT molecular complexity index is 999. The molecule has 0 N–H and O–H groups in total. The number of nitro benzene ring substituents is 1. The summed E-state index contributed by atoms with van der Waals surface area (Å²) in [5.74, 6) is 0.922. The average Bonchev–Trinajstić information content (AvgIpc) is 3.03. The topological polar surface area (TPSA) is 68.5 Å². The Kier molecular flexibility index (Phi) is 4.88. The third kappa shape index (κ3) is 3.84. The highest BCUT2D eigenvalue weighted by Gasteiger charge is 2.22. The Hall–Kier alpha value is -2.38. The molecule has 140 valence electrons. The highest BCUT2D eigenvalue weighted by molar-refractivity contribution is 7.20. The number of halogens is 1. The fraction of sp³-hybridized carbons (Fsp3) is 0.316. The van der Waals surface area contributed by atoms with E-state index < -0.39 is 4.92 Å². The summed E-state index contributed by atoms with van der Waals surface area (Å²) in [6, 6.07) is 10.4. The molecule has 0 unspecified atom stereocenters. The molecule has 6 nitrogen and oxygen atoms in total. The summed E-state index contributed by atoms with van der Waals surface area (Å²) in [6.07, 6.45) is 2.23. The lowest BCUT2D eigenvalue weighted by Gasteiger charge is -2.32. The molecule has 0 saturated carbocycles. The van der Waals surface area contributed by atoms with Gasteiger partial charge in [-0.05, 0) is 43.0 Å². The SMILES string of the molecule is CC1CCN(c2ccc([N+](=O)[O-])c(Oc3nc4cc(Cl)ccc4s3)c2)CC1. The van der Waals surface area contributed by atoms with Gasteiger partial charge in [0, 0.05) is 35.9 Å². The third-order valence-electron chi connectivity index (χ3n) is 4.82. The van der Waals surface area contributed by atoms with E-state index in [2.05, 4.69) is 16.8 Å². The molecule has 1 saturated heterocycles. The van der Waals surface area contributed by atoms with E-state index >= 15 is 0 Å². The first-order chi connectivity index (χ1) is 13.0. The summed E-state index contributed by atoms with van der Waals surface area (Å²) < 4.78 is 6.76. The van der Waals surface area contributed by atoms with E-state index in [1.807, 2.05) is 6.07 Å². The van der Waals surface area contributed by atoms with Gasteiger partial charge in [0.25, 0.3) is 5.19 Å². The average molecular weight is 404 g/mol. The van der Waals surface area contributed by atoms with Crippen LogP contribution >= 0.6 is 22.9 Å². The quantitative estimate of drug-likeness (QED) is 0.401. The first-order valence-electron chi connectivity index (χ1n) is 8.77. The van der Waals surface area contributed by atoms with Crippen molar-refractivity contribution in [3.05, 3.63) is 51.5 Å². The Morgan fingerprint density at radius 1 is 1.26 bits per heavy atom. The van der Waals surface area contributed by atoms with Crippen LogP contribution in [-0.2, 0) is 0 Å². The standard InChI is InChI=1S/C19H18ClN3O3S/c1-12-6-8-22(9-7-12)14-3-4-16(23(24)25)17(11-14)26-19-21-15-10-13(20)2-5-18(15)27-19/h2-5,10-12H,6-9H2,1H3. The molecular formula is C19H18ClN3O3S. The maximum absolute atomic E-state index is 11.4. The zero-order valence-corrected chi connectivity index (χ0v) is 16.3. The van der Waals surface area contributed by atoms with Crippen molar-refractivity contribution in [2.45, 2.75) is 19.8 Å². The highest BCUT2D eigenvalue weighted by Crippen LogP contribution is 2.39. The van der Waals surface area contributed by atoms with E-state index in [4.69, 9.17) is 16.3 Å². The highest BCUT2D eigenvalue weighted by atomic mass is 35.5. The molecule has 3 aromatic rings. The lowest BCUT2D eigenvalue weighted by atomic mass is 9.99. The second kappa shape index (κ2) is 7.32. The largest absolute Gasteiger partial charge is 0.423 e. The number of hydrogen-bond donors (Lipinski definition) is 0. The van der Waals surface area contributed by atoms with Crippen LogP contribution in [0.1, 0.15) is 19.8 Å². The van der Waals surface area contributed by atoms with Crippen molar-refractivity contribution in [2.24, 2.45) is 5.92 Å². The van der Waals surface area contributed by atoms with Gasteiger partial charge in [-0.1, -0.05) is 29.9 Å². The van der Waals surface area contributed by atoms with Crippen LogP contribution in [0.3, 0.4) is 0 Å². The molecule has 1 aliphatic heterocycles. The predicted octanol–water partition coefficient (Wildman–Crippen LogP) is 5.89. The molecule has 2 heterocycles. The van der Waals surface area contributed by atoms with Crippen LogP contribution in [-0.4, -0.2) is 23.0 Å². The van der Waals surface area contributed by atoms with Gasteiger partial charge < -0.3 is 9.64 Å². The predicted molar refractivity (Wildman–Crippen MR) is 108 cm³/mol. The summed E-state index contributed by atoms with van der Waals surface area (Å²) in [7, 11) is 0. The van der Waals surface area contributed by atoms with Crippen molar-refractivity contribution in [3.63, 3.8) is 0 Å². The number of piperidine rings is 1. The summed E-state index contributed by atoms with van der Waals surface area (Å²) in [6.45, 7) is 4.14. The number of rotatable bonds is 4. The van der Waals surface area contributed by atoms with Gasteiger partial charge in [-0.25, -0.2) is 4.98 Å². The van der Waals surface area contributed by atoms with Gasteiger partial charge in [0.15, 0.2) is 0 Å². The van der Waals surface area contributed by atoms with Crippen LogP contribution in [0.4, 0.5) is 11.4 Å². The fourth-order valence-corrected chi connectivity index (χ4v) is 4.19. The third-order valence-corrected chi connectivity index (χ3v) is 5.97. The van der Waals surface area contributed by atoms with Crippen molar-refractivity contribution in [1.29, 1.82) is 0 Å². The number of hydrogen-bond acceptors (Lipinski definition) is 6. The lowest BCUT2D eigenvalue weighted by molar-refractivity contribution is -0.385. The van der Waals surface area contributed by atoms with Crippen LogP contribution in [0.15, 0.2) is 36.4 Å². The summed E-state index contributed by atoms with van der Waals surface area (Å²) in [5, 5.41) is 12.4. The van der Waals surface area contributed by atoms with Crippen molar-refractivity contribution < 1.29 is 9.66 Å². The van der Waals surface area contributed by atoms with Crippen molar-refractivity contribution in [2.75, 3.05) is 18.0 Å². The van der Waals surface area contributed by atoms with E-state index in [0.717, 1.165) is 36.3 Å². The van der Waals surface area contributed by atoms with Gasteiger partial charge in [-0.2, -0.15) is 0 Å². The Morgan fingerprint density at radius 3 is 2.78 bits per heavy atom. The number of ether oxygens (including phenoxy) is 1. The zero-order valence-electron chi connectivity index (χ0n) is 14.7. The number of anilines is 1. The van der Waals surface area contributed by atoms with Crippen LogP contribution in [0.25, 0.3) is 10.2 Å². The molecule has 4 rings (SSSR count). The second-order valence-electron chi connectivity index (χ2n) is 6.77. The molecule has 27 heavy (non-hydrogen) atoms. The molecule has 0 bridgehead atoms. The van der Waals surface area contributed by atoms with Gasteiger partial charge in [0.05, 0.1) is 15.1 Å². The van der Waals surface area contributed by atoms with Crippen LogP contribution in [0.2, 0.25) is 5.02 Å². The lowest BCUT2D eigenvalue weighted by Crippen LogP contribution is -2.32. The molecular weight excluding hydrogens is 386 g/mol. The van der Waals surface area contributed by atoms with E-state index in [-0.39, 0.29) is 11.4 Å². The molecule has 2 aromatic carbocycles. The first kappa shape index (κ1) is 18.0. The zero-order chi connectivity index (χ0) is 19.0. The minimum Gasteiger partial charge on any atom is -0.423 e. The maximum Gasteiger partial charge on any atom is 0.311 e. The molecule has 1 fully saturated rings. The van der Waals surface area contributed by atoms with E-state index in [0.29, 0.717) is 21.7 Å². The van der Waals surface area contributed by atoms with Gasteiger partial charge in [0.2, 0.25) is 5.75 Å². The Labute approximate surface area is 165 Å².